The summed E-state index contributed by atoms with van der Waals surface area (Å²) in [5.74, 6) is 0.622. The number of benzene rings is 1. The van der Waals surface area contributed by atoms with Gasteiger partial charge in [-0.15, -0.1) is 0 Å². The summed E-state index contributed by atoms with van der Waals surface area (Å²) < 4.78 is 5.54. The molecule has 1 saturated heterocycles. The molecule has 1 aliphatic rings. The van der Waals surface area contributed by atoms with Gasteiger partial charge in [0.15, 0.2) is 0 Å². The zero-order valence-corrected chi connectivity index (χ0v) is 11.9. The van der Waals surface area contributed by atoms with Crippen LogP contribution in [0.5, 0.6) is 5.75 Å². The van der Waals surface area contributed by atoms with Crippen LogP contribution in [0.1, 0.15) is 18.9 Å². The maximum absolute atomic E-state index is 12.1. The third-order valence-corrected chi connectivity index (χ3v) is 3.42. The van der Waals surface area contributed by atoms with Crippen molar-refractivity contribution in [2.75, 3.05) is 19.7 Å². The fourth-order valence-electron chi connectivity index (χ4n) is 2.16. The van der Waals surface area contributed by atoms with Crippen molar-refractivity contribution in [2.45, 2.75) is 26.3 Å². The van der Waals surface area contributed by atoms with Crippen molar-refractivity contribution < 1.29 is 14.3 Å². The van der Waals surface area contributed by atoms with Crippen LogP contribution in [0.2, 0.25) is 0 Å². The SMILES string of the molecule is Cc1ccc(OCCC(=O)N2CCNC(=O)C2C)cc1. The first-order valence-electron chi connectivity index (χ1n) is 6.84. The molecule has 1 aromatic carbocycles. The van der Waals surface area contributed by atoms with E-state index in [1.165, 1.54) is 5.56 Å². The van der Waals surface area contributed by atoms with E-state index in [4.69, 9.17) is 4.74 Å². The average molecular weight is 276 g/mol. The predicted molar refractivity (Wildman–Crippen MR) is 75.5 cm³/mol. The lowest BCUT2D eigenvalue weighted by atomic mass is 10.2. The van der Waals surface area contributed by atoms with Crippen LogP contribution >= 0.6 is 0 Å². The van der Waals surface area contributed by atoms with Crippen LogP contribution in [0.4, 0.5) is 0 Å². The van der Waals surface area contributed by atoms with E-state index >= 15 is 0 Å². The van der Waals surface area contributed by atoms with Crippen molar-refractivity contribution >= 4 is 11.8 Å². The summed E-state index contributed by atoms with van der Waals surface area (Å²) in [6.45, 7) is 5.17. The highest BCUT2D eigenvalue weighted by atomic mass is 16.5. The molecule has 1 unspecified atom stereocenters. The molecule has 0 bridgehead atoms. The second-order valence-electron chi connectivity index (χ2n) is 4.97. The van der Waals surface area contributed by atoms with Gasteiger partial charge in [-0.25, -0.2) is 0 Å². The van der Waals surface area contributed by atoms with Crippen molar-refractivity contribution in [3.05, 3.63) is 29.8 Å². The number of piperazine rings is 1. The summed E-state index contributed by atoms with van der Waals surface area (Å²) in [4.78, 5) is 25.2. The van der Waals surface area contributed by atoms with Crippen LogP contribution in [-0.4, -0.2) is 42.5 Å². The normalized spacial score (nSPS) is 18.6. The van der Waals surface area contributed by atoms with E-state index in [0.717, 1.165) is 5.75 Å². The molecule has 0 aliphatic carbocycles. The van der Waals surface area contributed by atoms with Gasteiger partial charge in [-0.1, -0.05) is 17.7 Å². The third-order valence-electron chi connectivity index (χ3n) is 3.42. The van der Waals surface area contributed by atoms with Gasteiger partial charge in [-0.05, 0) is 26.0 Å². The molecule has 0 radical (unpaired) electrons. The van der Waals surface area contributed by atoms with Gasteiger partial charge in [-0.2, -0.15) is 0 Å². The third kappa shape index (κ3) is 3.50. The minimum absolute atomic E-state index is 0.0422. The molecule has 2 amide bonds. The summed E-state index contributed by atoms with van der Waals surface area (Å²) in [6, 6.07) is 7.31. The van der Waals surface area contributed by atoms with Gasteiger partial charge >= 0.3 is 0 Å². The molecule has 1 atom stereocenters. The summed E-state index contributed by atoms with van der Waals surface area (Å²) in [5, 5.41) is 2.74. The smallest absolute Gasteiger partial charge is 0.242 e. The monoisotopic (exact) mass is 276 g/mol. The van der Waals surface area contributed by atoms with E-state index < -0.39 is 6.04 Å². The summed E-state index contributed by atoms with van der Waals surface area (Å²) in [5.41, 5.74) is 1.17. The zero-order valence-electron chi connectivity index (χ0n) is 11.9. The highest BCUT2D eigenvalue weighted by Crippen LogP contribution is 2.12. The van der Waals surface area contributed by atoms with E-state index in [9.17, 15) is 9.59 Å². The van der Waals surface area contributed by atoms with Crippen LogP contribution in [-0.2, 0) is 9.59 Å². The Balaban J connectivity index is 1.80. The van der Waals surface area contributed by atoms with Crippen molar-refractivity contribution in [2.24, 2.45) is 0 Å². The number of amides is 2. The molecule has 1 N–H and O–H groups in total. The van der Waals surface area contributed by atoms with E-state index in [1.807, 2.05) is 31.2 Å². The van der Waals surface area contributed by atoms with Gasteiger partial charge in [0.2, 0.25) is 11.8 Å². The van der Waals surface area contributed by atoms with Crippen molar-refractivity contribution in [1.29, 1.82) is 0 Å². The Hall–Kier alpha value is -2.04. The maximum Gasteiger partial charge on any atom is 0.242 e. The fourth-order valence-corrected chi connectivity index (χ4v) is 2.16. The molecule has 0 aromatic heterocycles. The first-order chi connectivity index (χ1) is 9.58. The van der Waals surface area contributed by atoms with Crippen molar-refractivity contribution in [1.82, 2.24) is 10.2 Å². The molecular weight excluding hydrogens is 256 g/mol. The molecule has 1 heterocycles. The Labute approximate surface area is 118 Å². The summed E-state index contributed by atoms with van der Waals surface area (Å²) >= 11 is 0. The quantitative estimate of drug-likeness (QED) is 0.896. The minimum atomic E-state index is -0.393. The predicted octanol–water partition coefficient (Wildman–Crippen LogP) is 1.11. The zero-order chi connectivity index (χ0) is 14.5. The molecule has 1 fully saturated rings. The van der Waals surface area contributed by atoms with E-state index in [2.05, 4.69) is 5.32 Å². The van der Waals surface area contributed by atoms with Crippen LogP contribution in [0.3, 0.4) is 0 Å². The number of hydrogen-bond acceptors (Lipinski definition) is 3. The van der Waals surface area contributed by atoms with Gasteiger partial charge in [-0.3, -0.25) is 9.59 Å². The molecule has 0 saturated carbocycles. The standard InChI is InChI=1S/C15H20N2O3/c1-11-3-5-13(6-4-11)20-10-7-14(18)17-9-8-16-15(19)12(17)2/h3-6,12H,7-10H2,1-2H3,(H,16,19). The molecule has 1 aliphatic heterocycles. The number of rotatable bonds is 4. The Morgan fingerprint density at radius 2 is 2.10 bits per heavy atom. The number of carbonyl (C=O) groups is 2. The number of ether oxygens (including phenoxy) is 1. The first-order valence-corrected chi connectivity index (χ1v) is 6.84. The average Bonchev–Trinajstić information content (AvgIpc) is 2.44. The van der Waals surface area contributed by atoms with Gasteiger partial charge < -0.3 is 15.0 Å². The second kappa shape index (κ2) is 6.41. The molecule has 20 heavy (non-hydrogen) atoms. The van der Waals surface area contributed by atoms with Crippen LogP contribution in [0, 0.1) is 6.92 Å². The Morgan fingerprint density at radius 1 is 1.40 bits per heavy atom. The summed E-state index contributed by atoms with van der Waals surface area (Å²) in [7, 11) is 0. The summed E-state index contributed by atoms with van der Waals surface area (Å²) in [6.07, 6.45) is 0.283. The molecule has 5 nitrogen and oxygen atoms in total. The lowest BCUT2D eigenvalue weighted by molar-refractivity contribution is -0.142. The van der Waals surface area contributed by atoms with Crippen LogP contribution in [0.15, 0.2) is 24.3 Å². The molecule has 108 valence electrons. The second-order valence-corrected chi connectivity index (χ2v) is 4.97. The van der Waals surface area contributed by atoms with E-state index in [0.29, 0.717) is 19.7 Å². The van der Waals surface area contributed by atoms with Crippen LogP contribution < -0.4 is 10.1 Å². The highest BCUT2D eigenvalue weighted by Gasteiger charge is 2.28. The van der Waals surface area contributed by atoms with Crippen LogP contribution in [0.25, 0.3) is 0 Å². The Kier molecular flexibility index (Phi) is 4.61. The maximum atomic E-state index is 12.1. The number of carbonyl (C=O) groups excluding carboxylic acids is 2. The van der Waals surface area contributed by atoms with Gasteiger partial charge in [0, 0.05) is 13.1 Å². The topological polar surface area (TPSA) is 58.6 Å². The molecular formula is C15H20N2O3. The number of nitrogens with one attached hydrogen (secondary N) is 1. The Bertz CT molecular complexity index is 484. The highest BCUT2D eigenvalue weighted by molar-refractivity contribution is 5.88. The van der Waals surface area contributed by atoms with Gasteiger partial charge in [0.1, 0.15) is 11.8 Å². The molecule has 5 heteroatoms. The lowest BCUT2D eigenvalue weighted by Gasteiger charge is -2.32. The number of hydrogen-bond donors (Lipinski definition) is 1. The number of nitrogens with zero attached hydrogens (tertiary/aromatic N) is 1. The lowest BCUT2D eigenvalue weighted by Crippen LogP contribution is -2.56. The van der Waals surface area contributed by atoms with Gasteiger partial charge in [0.05, 0.1) is 13.0 Å². The molecule has 2 rings (SSSR count). The Morgan fingerprint density at radius 3 is 2.80 bits per heavy atom. The molecule has 0 spiro atoms. The van der Waals surface area contributed by atoms with E-state index in [-0.39, 0.29) is 18.2 Å². The largest absolute Gasteiger partial charge is 0.493 e. The molecule has 1 aromatic rings. The first kappa shape index (κ1) is 14.4. The van der Waals surface area contributed by atoms with Crippen molar-refractivity contribution in [3.8, 4) is 5.75 Å². The number of aryl methyl sites for hydroxylation is 1. The van der Waals surface area contributed by atoms with E-state index in [1.54, 1.807) is 11.8 Å². The van der Waals surface area contributed by atoms with Gasteiger partial charge in [0.25, 0.3) is 0 Å². The van der Waals surface area contributed by atoms with Crippen molar-refractivity contribution in [3.63, 3.8) is 0 Å². The minimum Gasteiger partial charge on any atom is -0.493 e. The fraction of sp³-hybridized carbons (Fsp3) is 0.467.